The summed E-state index contributed by atoms with van der Waals surface area (Å²) in [6.07, 6.45) is 0. The zero-order valence-corrected chi connectivity index (χ0v) is 12.4. The molecule has 2 rings (SSSR count). The third kappa shape index (κ3) is 3.44. The first kappa shape index (κ1) is 15.1. The zero-order chi connectivity index (χ0) is 15.6. The monoisotopic (exact) mass is 306 g/mol. The van der Waals surface area contributed by atoms with Crippen molar-refractivity contribution >= 4 is 23.0 Å². The van der Waals surface area contributed by atoms with Gasteiger partial charge in [-0.2, -0.15) is 0 Å². The number of phenols is 1. The van der Waals surface area contributed by atoms with Crippen molar-refractivity contribution in [1.29, 1.82) is 0 Å². The number of non-ortho nitro benzene ring substituents is 1. The molecule has 0 aliphatic rings. The van der Waals surface area contributed by atoms with Crippen LogP contribution >= 0.6 is 11.6 Å². The molecule has 6 heteroatoms. The Morgan fingerprint density at radius 1 is 1.24 bits per heavy atom. The van der Waals surface area contributed by atoms with Gasteiger partial charge in [0.25, 0.3) is 5.69 Å². The van der Waals surface area contributed by atoms with E-state index in [9.17, 15) is 15.2 Å². The van der Waals surface area contributed by atoms with Crippen molar-refractivity contribution in [3.63, 3.8) is 0 Å². The molecule has 0 saturated heterocycles. The molecule has 0 fully saturated rings. The molecule has 0 radical (unpaired) electrons. The highest BCUT2D eigenvalue weighted by molar-refractivity contribution is 6.33. The lowest BCUT2D eigenvalue weighted by Crippen LogP contribution is -2.01. The zero-order valence-electron chi connectivity index (χ0n) is 11.7. The Hall–Kier alpha value is -2.27. The van der Waals surface area contributed by atoms with Crippen LogP contribution in [0.2, 0.25) is 5.02 Å². The number of nitrogens with one attached hydrogen (secondary N) is 1. The van der Waals surface area contributed by atoms with Gasteiger partial charge >= 0.3 is 0 Å². The van der Waals surface area contributed by atoms with E-state index in [1.807, 2.05) is 26.0 Å². The van der Waals surface area contributed by atoms with Crippen LogP contribution in [0.5, 0.6) is 5.75 Å². The summed E-state index contributed by atoms with van der Waals surface area (Å²) in [6, 6.07) is 8.07. The van der Waals surface area contributed by atoms with Gasteiger partial charge in [0.15, 0.2) is 0 Å². The van der Waals surface area contributed by atoms with Gasteiger partial charge in [-0.1, -0.05) is 23.7 Å². The quantitative estimate of drug-likeness (QED) is 0.656. The lowest BCUT2D eigenvalue weighted by Gasteiger charge is -2.11. The van der Waals surface area contributed by atoms with Crippen LogP contribution < -0.4 is 5.32 Å². The number of halogens is 1. The number of aryl methyl sites for hydroxylation is 2. The van der Waals surface area contributed by atoms with Crippen molar-refractivity contribution in [1.82, 2.24) is 0 Å². The number of hydrogen-bond acceptors (Lipinski definition) is 4. The van der Waals surface area contributed by atoms with Crippen LogP contribution in [0.4, 0.5) is 11.4 Å². The summed E-state index contributed by atoms with van der Waals surface area (Å²) in [5.74, 6) is 0.298. The van der Waals surface area contributed by atoms with E-state index in [4.69, 9.17) is 11.6 Å². The van der Waals surface area contributed by atoms with E-state index in [0.717, 1.165) is 16.7 Å². The average Bonchev–Trinajstić information content (AvgIpc) is 2.43. The van der Waals surface area contributed by atoms with Crippen LogP contribution in [-0.4, -0.2) is 10.0 Å². The second-order valence-electron chi connectivity index (χ2n) is 4.85. The highest BCUT2D eigenvalue weighted by Crippen LogP contribution is 2.28. The van der Waals surface area contributed by atoms with Gasteiger partial charge in [-0.15, -0.1) is 0 Å². The molecule has 0 saturated carbocycles. The highest BCUT2D eigenvalue weighted by atomic mass is 35.5. The molecule has 0 bridgehead atoms. The Bertz CT molecular complexity index is 678. The molecule has 2 N–H and O–H groups in total. The molecular formula is C15H15ClN2O3. The van der Waals surface area contributed by atoms with Gasteiger partial charge < -0.3 is 10.4 Å². The minimum atomic E-state index is -0.484. The molecule has 0 aliphatic heterocycles. The molecule has 0 unspecified atom stereocenters. The number of phenolic OH excluding ortho intramolecular Hbond substituents is 1. The molecule has 5 nitrogen and oxygen atoms in total. The fourth-order valence-electron chi connectivity index (χ4n) is 2.11. The number of nitrogens with zero attached hydrogens (tertiary/aromatic N) is 1. The number of hydrogen-bond donors (Lipinski definition) is 2. The molecule has 2 aromatic rings. The van der Waals surface area contributed by atoms with Gasteiger partial charge in [0.2, 0.25) is 0 Å². The van der Waals surface area contributed by atoms with Gasteiger partial charge in [-0.05, 0) is 36.6 Å². The number of benzene rings is 2. The maximum atomic E-state index is 10.7. The topological polar surface area (TPSA) is 75.4 Å². The molecule has 0 heterocycles. The summed E-state index contributed by atoms with van der Waals surface area (Å²) in [6.45, 7) is 4.19. The lowest BCUT2D eigenvalue weighted by molar-refractivity contribution is -0.384. The number of nitro benzene ring substituents is 1. The maximum Gasteiger partial charge on any atom is 0.271 e. The van der Waals surface area contributed by atoms with E-state index in [1.165, 1.54) is 12.1 Å². The Morgan fingerprint density at radius 2 is 1.86 bits per heavy atom. The van der Waals surface area contributed by atoms with Crippen molar-refractivity contribution in [2.24, 2.45) is 0 Å². The lowest BCUT2D eigenvalue weighted by atomic mass is 10.1. The van der Waals surface area contributed by atoms with E-state index in [0.29, 0.717) is 23.0 Å². The minimum Gasteiger partial charge on any atom is -0.507 e. The molecule has 110 valence electrons. The van der Waals surface area contributed by atoms with E-state index in [2.05, 4.69) is 5.32 Å². The van der Waals surface area contributed by atoms with Gasteiger partial charge in [0, 0.05) is 18.7 Å². The van der Waals surface area contributed by atoms with E-state index in [1.54, 1.807) is 6.07 Å². The van der Waals surface area contributed by atoms with Crippen LogP contribution in [-0.2, 0) is 6.54 Å². The summed E-state index contributed by atoms with van der Waals surface area (Å²) < 4.78 is 0. The van der Waals surface area contributed by atoms with Crippen molar-refractivity contribution in [3.8, 4) is 5.75 Å². The van der Waals surface area contributed by atoms with E-state index >= 15 is 0 Å². The van der Waals surface area contributed by atoms with Crippen molar-refractivity contribution in [2.75, 3.05) is 5.32 Å². The minimum absolute atomic E-state index is 0.0399. The predicted molar refractivity (Wildman–Crippen MR) is 83.0 cm³/mol. The molecule has 2 aromatic carbocycles. The van der Waals surface area contributed by atoms with Crippen LogP contribution in [0.15, 0.2) is 30.3 Å². The van der Waals surface area contributed by atoms with Crippen molar-refractivity contribution in [3.05, 3.63) is 62.2 Å². The van der Waals surface area contributed by atoms with Crippen LogP contribution in [0.3, 0.4) is 0 Å². The SMILES string of the molecule is Cc1cc(CNc2ccc([N+](=O)[O-])cc2Cl)cc(C)c1O. The second-order valence-corrected chi connectivity index (χ2v) is 5.26. The summed E-state index contributed by atoms with van der Waals surface area (Å²) in [5, 5.41) is 23.8. The molecule has 21 heavy (non-hydrogen) atoms. The summed E-state index contributed by atoms with van der Waals surface area (Å²) in [4.78, 5) is 10.2. The third-order valence-electron chi connectivity index (χ3n) is 3.20. The molecule has 0 spiro atoms. The normalized spacial score (nSPS) is 10.4. The Balaban J connectivity index is 2.15. The Kier molecular flexibility index (Phi) is 4.33. The van der Waals surface area contributed by atoms with Crippen LogP contribution in [0, 0.1) is 24.0 Å². The van der Waals surface area contributed by atoms with Crippen molar-refractivity contribution in [2.45, 2.75) is 20.4 Å². The van der Waals surface area contributed by atoms with Gasteiger partial charge in [0.1, 0.15) is 5.75 Å². The number of aromatic hydroxyl groups is 1. The molecule has 0 atom stereocenters. The number of nitro groups is 1. The van der Waals surface area contributed by atoms with Crippen molar-refractivity contribution < 1.29 is 10.0 Å². The molecular weight excluding hydrogens is 292 g/mol. The summed E-state index contributed by atoms with van der Waals surface area (Å²) >= 11 is 6.02. The van der Waals surface area contributed by atoms with Gasteiger partial charge in [-0.3, -0.25) is 10.1 Å². The van der Waals surface area contributed by atoms with E-state index in [-0.39, 0.29) is 5.69 Å². The Labute approximate surface area is 127 Å². The first-order valence-electron chi connectivity index (χ1n) is 6.35. The third-order valence-corrected chi connectivity index (χ3v) is 3.51. The average molecular weight is 307 g/mol. The number of anilines is 1. The first-order valence-corrected chi connectivity index (χ1v) is 6.73. The highest BCUT2D eigenvalue weighted by Gasteiger charge is 2.09. The largest absolute Gasteiger partial charge is 0.507 e. The Morgan fingerprint density at radius 3 is 2.38 bits per heavy atom. The van der Waals surface area contributed by atoms with Gasteiger partial charge in [-0.25, -0.2) is 0 Å². The first-order chi connectivity index (χ1) is 9.88. The molecule has 0 amide bonds. The standard InChI is InChI=1S/C15H15ClN2O3/c1-9-5-11(6-10(2)15(9)19)8-17-14-4-3-12(18(20)21)7-13(14)16/h3-7,17,19H,8H2,1-2H3. The van der Waals surface area contributed by atoms with Gasteiger partial charge in [0.05, 0.1) is 15.6 Å². The fourth-order valence-corrected chi connectivity index (χ4v) is 2.35. The molecule has 0 aromatic heterocycles. The van der Waals surface area contributed by atoms with Crippen LogP contribution in [0.25, 0.3) is 0 Å². The summed E-state index contributed by atoms with van der Waals surface area (Å²) in [5.41, 5.74) is 3.20. The van der Waals surface area contributed by atoms with E-state index < -0.39 is 4.92 Å². The smallest absolute Gasteiger partial charge is 0.271 e. The summed E-state index contributed by atoms with van der Waals surface area (Å²) in [7, 11) is 0. The maximum absolute atomic E-state index is 10.7. The number of rotatable bonds is 4. The second kappa shape index (κ2) is 6.01. The van der Waals surface area contributed by atoms with Crippen LogP contribution in [0.1, 0.15) is 16.7 Å². The predicted octanol–water partition coefficient (Wildman–Crippen LogP) is 4.18. The molecule has 0 aliphatic carbocycles. The fraction of sp³-hybridized carbons (Fsp3) is 0.200.